The highest BCUT2D eigenvalue weighted by atomic mass is 19.4. The number of anilines is 1. The predicted octanol–water partition coefficient (Wildman–Crippen LogP) is 3.86. The number of amides is 2. The van der Waals surface area contributed by atoms with Gasteiger partial charge in [0.05, 0.1) is 34.9 Å². The van der Waals surface area contributed by atoms with E-state index in [0.717, 1.165) is 6.07 Å². The van der Waals surface area contributed by atoms with Crippen molar-refractivity contribution < 1.29 is 27.2 Å². The first-order valence-corrected chi connectivity index (χ1v) is 11.5. The lowest BCUT2D eigenvalue weighted by Gasteiger charge is -2.36. The fraction of sp³-hybridized carbons (Fsp3) is 0.480. The molecule has 0 bridgehead atoms. The lowest BCUT2D eigenvalue weighted by atomic mass is 9.78. The van der Waals surface area contributed by atoms with E-state index in [4.69, 9.17) is 9.68 Å². The van der Waals surface area contributed by atoms with Crippen LogP contribution in [-0.2, 0) is 11.0 Å². The smallest absolute Gasteiger partial charge is 0.417 e. The van der Waals surface area contributed by atoms with Crippen molar-refractivity contribution in [2.45, 2.75) is 19.0 Å². The summed E-state index contributed by atoms with van der Waals surface area (Å²) in [6.45, 7) is 1.83. The molecule has 2 saturated heterocycles. The van der Waals surface area contributed by atoms with Crippen molar-refractivity contribution in [2.24, 2.45) is 17.8 Å². The van der Waals surface area contributed by atoms with Crippen molar-refractivity contribution in [1.82, 2.24) is 9.80 Å². The summed E-state index contributed by atoms with van der Waals surface area (Å²) < 4.78 is 45.6. The molecule has 10 heteroatoms. The molecule has 2 atom stereocenters. The molecular weight excluding hydrogens is 461 g/mol. The molecule has 0 saturated carbocycles. The van der Waals surface area contributed by atoms with Crippen molar-refractivity contribution in [3.63, 3.8) is 0 Å². The Kier molecular flexibility index (Phi) is 6.79. The molecule has 35 heavy (non-hydrogen) atoms. The Labute approximate surface area is 201 Å². The van der Waals surface area contributed by atoms with Gasteiger partial charge in [-0.25, -0.2) is 0 Å². The minimum atomic E-state index is -4.65. The lowest BCUT2D eigenvalue weighted by Crippen LogP contribution is -2.43. The van der Waals surface area contributed by atoms with Gasteiger partial charge in [0.2, 0.25) is 5.91 Å². The van der Waals surface area contributed by atoms with E-state index < -0.39 is 17.3 Å². The molecule has 2 aliphatic rings. The third-order valence-corrected chi connectivity index (χ3v) is 7.12. The Morgan fingerprint density at radius 1 is 1.14 bits per heavy atom. The van der Waals surface area contributed by atoms with E-state index >= 15 is 0 Å². The zero-order chi connectivity index (χ0) is 25.3. The summed E-state index contributed by atoms with van der Waals surface area (Å²) in [4.78, 5) is 30.8. The van der Waals surface area contributed by atoms with Gasteiger partial charge < -0.3 is 19.1 Å². The van der Waals surface area contributed by atoms with Crippen molar-refractivity contribution in [1.29, 1.82) is 5.26 Å². The molecule has 0 aliphatic carbocycles. The Morgan fingerprint density at radius 3 is 2.43 bits per heavy atom. The van der Waals surface area contributed by atoms with Crippen LogP contribution in [0.3, 0.4) is 0 Å². The van der Waals surface area contributed by atoms with Gasteiger partial charge >= 0.3 is 6.18 Å². The molecule has 0 N–H and O–H groups in total. The molecule has 186 valence electrons. The average Bonchev–Trinajstić information content (AvgIpc) is 3.53. The largest absolute Gasteiger partial charge is 0.472 e. The van der Waals surface area contributed by atoms with Gasteiger partial charge in [0.15, 0.2) is 0 Å². The second-order valence-corrected chi connectivity index (χ2v) is 9.39. The molecule has 0 radical (unpaired) electrons. The summed E-state index contributed by atoms with van der Waals surface area (Å²) in [5.41, 5.74) is -0.546. The number of hydrogen-bond donors (Lipinski definition) is 0. The Bertz CT molecular complexity index is 1120. The van der Waals surface area contributed by atoms with Crippen LogP contribution in [0.1, 0.15) is 34.3 Å². The summed E-state index contributed by atoms with van der Waals surface area (Å²) in [6.07, 6.45) is -0.353. The number of carbonyl (C=O) groups excluding carboxylic acids is 2. The van der Waals surface area contributed by atoms with Gasteiger partial charge in [-0.05, 0) is 48.9 Å². The fourth-order valence-corrected chi connectivity index (χ4v) is 5.27. The molecule has 2 amide bonds. The number of rotatable bonds is 4. The van der Waals surface area contributed by atoms with Crippen LogP contribution in [0.15, 0.2) is 41.2 Å². The number of carbonyl (C=O) groups is 2. The van der Waals surface area contributed by atoms with Gasteiger partial charge in [-0.15, -0.1) is 0 Å². The van der Waals surface area contributed by atoms with E-state index in [1.54, 1.807) is 31.1 Å². The summed E-state index contributed by atoms with van der Waals surface area (Å²) in [7, 11) is 3.36. The first kappa shape index (κ1) is 24.6. The summed E-state index contributed by atoms with van der Waals surface area (Å²) in [5, 5.41) is 9.10. The Hall–Kier alpha value is -3.48. The number of hydrogen-bond acceptors (Lipinski definition) is 5. The monoisotopic (exact) mass is 488 g/mol. The number of furan rings is 1. The number of benzene rings is 1. The van der Waals surface area contributed by atoms with Gasteiger partial charge in [0.25, 0.3) is 5.91 Å². The normalized spacial score (nSPS) is 21.1. The van der Waals surface area contributed by atoms with E-state index in [9.17, 15) is 22.8 Å². The van der Waals surface area contributed by atoms with Gasteiger partial charge in [0.1, 0.15) is 6.26 Å². The zero-order valence-corrected chi connectivity index (χ0v) is 19.6. The van der Waals surface area contributed by atoms with Gasteiger partial charge in [-0.1, -0.05) is 0 Å². The van der Waals surface area contributed by atoms with Crippen LogP contribution < -0.4 is 4.90 Å². The van der Waals surface area contributed by atoms with Crippen LogP contribution in [0.5, 0.6) is 0 Å². The molecule has 1 aromatic heterocycles. The maximum Gasteiger partial charge on any atom is 0.417 e. The van der Waals surface area contributed by atoms with E-state index in [-0.39, 0.29) is 29.6 Å². The van der Waals surface area contributed by atoms with Crippen LogP contribution in [0.25, 0.3) is 0 Å². The Morgan fingerprint density at radius 2 is 1.86 bits per heavy atom. The van der Waals surface area contributed by atoms with E-state index in [0.29, 0.717) is 50.3 Å². The SMILES string of the molecule is CN(C)C(=O)[C@@H]1CN(c2ccc(C#N)c(C(F)(F)F)c2)C[C@H]1C1CCN(C(=O)c2ccoc2)CC1. The first-order chi connectivity index (χ1) is 16.6. The first-order valence-electron chi connectivity index (χ1n) is 11.5. The molecule has 2 fully saturated rings. The van der Waals surface area contributed by atoms with Crippen LogP contribution in [0.2, 0.25) is 0 Å². The maximum atomic E-state index is 13.5. The van der Waals surface area contributed by atoms with Crippen LogP contribution in [-0.4, -0.2) is 61.9 Å². The number of likely N-dealkylation sites (tertiary alicyclic amines) is 1. The highest BCUT2D eigenvalue weighted by Crippen LogP contribution is 2.40. The second-order valence-electron chi connectivity index (χ2n) is 9.39. The fourth-order valence-electron chi connectivity index (χ4n) is 5.27. The standard InChI is InChI=1S/C25H27F3N4O3/c1-30(2)24(34)21-14-32(19-4-3-17(12-29)22(11-19)25(26,27)28)13-20(21)16-5-8-31(9-6-16)23(33)18-7-10-35-15-18/h3-4,7,10-11,15-16,20-21H,5-6,8-9,13-14H2,1-2H3/t20-,21+/m0/s1. The molecule has 7 nitrogen and oxygen atoms in total. The molecule has 4 rings (SSSR count). The number of alkyl halides is 3. The van der Waals surface area contributed by atoms with Crippen molar-refractivity contribution in [3.8, 4) is 6.07 Å². The molecule has 0 spiro atoms. The third kappa shape index (κ3) is 4.99. The average molecular weight is 489 g/mol. The minimum Gasteiger partial charge on any atom is -0.472 e. The van der Waals surface area contributed by atoms with E-state index in [2.05, 4.69) is 0 Å². The Balaban J connectivity index is 1.53. The van der Waals surface area contributed by atoms with Crippen molar-refractivity contribution in [2.75, 3.05) is 45.2 Å². The minimum absolute atomic E-state index is 0.0546. The topological polar surface area (TPSA) is 80.8 Å². The quantitative estimate of drug-likeness (QED) is 0.653. The highest BCUT2D eigenvalue weighted by Gasteiger charge is 2.44. The van der Waals surface area contributed by atoms with Crippen molar-refractivity contribution >= 4 is 17.5 Å². The predicted molar refractivity (Wildman–Crippen MR) is 121 cm³/mol. The number of piperidine rings is 1. The molecule has 3 heterocycles. The summed E-state index contributed by atoms with van der Waals surface area (Å²) in [6, 6.07) is 6.94. The summed E-state index contributed by atoms with van der Waals surface area (Å²) in [5.74, 6) is -0.414. The second kappa shape index (κ2) is 9.64. The number of halogens is 3. The molecule has 0 unspecified atom stereocenters. The molecule has 1 aromatic carbocycles. The molecule has 2 aromatic rings. The van der Waals surface area contributed by atoms with Gasteiger partial charge in [0, 0.05) is 46.0 Å². The highest BCUT2D eigenvalue weighted by molar-refractivity contribution is 5.93. The van der Waals surface area contributed by atoms with Gasteiger partial charge in [-0.3, -0.25) is 9.59 Å². The number of nitriles is 1. The van der Waals surface area contributed by atoms with E-state index in [1.807, 2.05) is 4.90 Å². The van der Waals surface area contributed by atoms with Gasteiger partial charge in [-0.2, -0.15) is 18.4 Å². The van der Waals surface area contributed by atoms with Crippen molar-refractivity contribution in [3.05, 3.63) is 53.5 Å². The van der Waals surface area contributed by atoms with E-state index in [1.165, 1.54) is 29.6 Å². The summed E-state index contributed by atoms with van der Waals surface area (Å²) >= 11 is 0. The zero-order valence-electron chi connectivity index (χ0n) is 19.6. The maximum absolute atomic E-state index is 13.5. The van der Waals surface area contributed by atoms with Crippen LogP contribution >= 0.6 is 0 Å². The molecular formula is C25H27F3N4O3. The number of nitrogens with zero attached hydrogens (tertiary/aromatic N) is 4. The lowest BCUT2D eigenvalue weighted by molar-refractivity contribution is -0.137. The molecule has 2 aliphatic heterocycles. The van der Waals surface area contributed by atoms with Crippen LogP contribution in [0.4, 0.5) is 18.9 Å². The third-order valence-electron chi connectivity index (χ3n) is 7.12. The van der Waals surface area contributed by atoms with Crippen LogP contribution in [0, 0.1) is 29.1 Å².